The molecule has 0 radical (unpaired) electrons. The molecule has 4 aromatic rings. The number of carbonyl (C=O) groups excluding carboxylic acids is 2. The molecule has 1 saturated carbocycles. The van der Waals surface area contributed by atoms with Gasteiger partial charge in [0.05, 0.1) is 26.5 Å². The Labute approximate surface area is 245 Å². The van der Waals surface area contributed by atoms with E-state index in [1.165, 1.54) is 31.9 Å². The summed E-state index contributed by atoms with van der Waals surface area (Å²) in [6.45, 7) is 1.13. The number of phenols is 1. The molecule has 2 aliphatic rings. The molecule has 6 rings (SSSR count). The van der Waals surface area contributed by atoms with Crippen LogP contribution < -0.4 is 14.8 Å². The summed E-state index contributed by atoms with van der Waals surface area (Å²) in [5.74, 6) is 1.17. The lowest BCUT2D eigenvalue weighted by atomic mass is 9.81. The fourth-order valence-electron chi connectivity index (χ4n) is 6.53. The zero-order valence-corrected chi connectivity index (χ0v) is 24.0. The summed E-state index contributed by atoms with van der Waals surface area (Å²) in [5, 5.41) is 13.9. The van der Waals surface area contributed by atoms with Gasteiger partial charge in [-0.2, -0.15) is 0 Å². The SMILES string of the molecule is COC(=O)C(Cc1cccc(O)c1)NC(=O)c1ccc2c(C3CCCCC3)c3n(c2c1)CCOc1cc(OC)ccc1-3. The van der Waals surface area contributed by atoms with E-state index in [1.807, 2.05) is 24.3 Å². The highest BCUT2D eigenvalue weighted by molar-refractivity contribution is 6.02. The second-order valence-corrected chi connectivity index (χ2v) is 11.1. The Bertz CT molecular complexity index is 1630. The van der Waals surface area contributed by atoms with Gasteiger partial charge in [0.25, 0.3) is 5.91 Å². The number of fused-ring (bicyclic) bond motifs is 5. The molecule has 0 bridgehead atoms. The van der Waals surface area contributed by atoms with Crippen LogP contribution in [0.1, 0.15) is 59.5 Å². The number of hydrogen-bond acceptors (Lipinski definition) is 6. The summed E-state index contributed by atoms with van der Waals surface area (Å²) < 4.78 is 19.0. The lowest BCUT2D eigenvalue weighted by Crippen LogP contribution is -2.43. The Kier molecular flexibility index (Phi) is 7.78. The maximum absolute atomic E-state index is 13.6. The van der Waals surface area contributed by atoms with E-state index in [1.54, 1.807) is 31.4 Å². The van der Waals surface area contributed by atoms with E-state index < -0.39 is 12.0 Å². The van der Waals surface area contributed by atoms with Crippen LogP contribution in [-0.4, -0.2) is 48.4 Å². The minimum absolute atomic E-state index is 0.0968. The average molecular weight is 569 g/mol. The molecule has 1 aromatic heterocycles. The highest BCUT2D eigenvalue weighted by atomic mass is 16.5. The highest BCUT2D eigenvalue weighted by Gasteiger charge is 2.30. The lowest BCUT2D eigenvalue weighted by Gasteiger charge is -2.23. The summed E-state index contributed by atoms with van der Waals surface area (Å²) in [4.78, 5) is 26.2. The first-order valence-electron chi connectivity index (χ1n) is 14.6. The zero-order valence-electron chi connectivity index (χ0n) is 24.0. The number of hydrogen-bond donors (Lipinski definition) is 2. The van der Waals surface area contributed by atoms with Gasteiger partial charge in [-0.05, 0) is 66.3 Å². The topological polar surface area (TPSA) is 99.0 Å². The van der Waals surface area contributed by atoms with Gasteiger partial charge in [0.15, 0.2) is 0 Å². The number of amides is 1. The molecule has 8 heteroatoms. The van der Waals surface area contributed by atoms with Gasteiger partial charge >= 0.3 is 5.97 Å². The maximum atomic E-state index is 13.6. The average Bonchev–Trinajstić information content (AvgIpc) is 3.21. The summed E-state index contributed by atoms with van der Waals surface area (Å²) in [5.41, 5.74) is 5.67. The number of aromatic nitrogens is 1. The number of aromatic hydroxyl groups is 1. The summed E-state index contributed by atoms with van der Waals surface area (Å²) in [6, 6.07) is 17.6. The van der Waals surface area contributed by atoms with E-state index in [4.69, 9.17) is 14.2 Å². The van der Waals surface area contributed by atoms with Crippen molar-refractivity contribution in [3.8, 4) is 28.5 Å². The molecule has 1 unspecified atom stereocenters. The molecule has 0 spiro atoms. The van der Waals surface area contributed by atoms with Crippen molar-refractivity contribution in [3.05, 3.63) is 77.4 Å². The molecule has 1 aliphatic carbocycles. The summed E-state index contributed by atoms with van der Waals surface area (Å²) in [7, 11) is 2.96. The number of methoxy groups -OCH3 is 2. The van der Waals surface area contributed by atoms with Crippen molar-refractivity contribution in [2.24, 2.45) is 0 Å². The van der Waals surface area contributed by atoms with E-state index in [0.717, 1.165) is 46.5 Å². The third-order valence-corrected chi connectivity index (χ3v) is 8.54. The van der Waals surface area contributed by atoms with Gasteiger partial charge < -0.3 is 29.2 Å². The Morgan fingerprint density at radius 3 is 2.64 bits per heavy atom. The van der Waals surface area contributed by atoms with E-state index in [-0.39, 0.29) is 18.1 Å². The normalized spacial score (nSPS) is 15.6. The van der Waals surface area contributed by atoms with Crippen molar-refractivity contribution in [1.29, 1.82) is 0 Å². The maximum Gasteiger partial charge on any atom is 0.328 e. The highest BCUT2D eigenvalue weighted by Crippen LogP contribution is 2.47. The molecule has 1 atom stereocenters. The van der Waals surface area contributed by atoms with Gasteiger partial charge in [0.2, 0.25) is 0 Å². The molecular weight excluding hydrogens is 532 g/mol. The Morgan fingerprint density at radius 1 is 1.05 bits per heavy atom. The standard InChI is InChI=1S/C34H36N2O6/c1-40-25-12-14-27-30(20-25)42-16-15-36-29-19-23(11-13-26(29)31(32(27)36)22-8-4-3-5-9-22)33(38)35-28(34(39)41-2)18-21-7-6-10-24(37)17-21/h6-7,10-14,17,19-20,22,28,37H,3-5,8-9,15-16,18H2,1-2H3,(H,35,38). The summed E-state index contributed by atoms with van der Waals surface area (Å²) >= 11 is 0. The van der Waals surface area contributed by atoms with E-state index in [0.29, 0.717) is 30.2 Å². The van der Waals surface area contributed by atoms with E-state index in [2.05, 4.69) is 22.0 Å². The van der Waals surface area contributed by atoms with Crippen molar-refractivity contribution in [2.45, 2.75) is 57.0 Å². The number of nitrogens with one attached hydrogen (secondary N) is 1. The minimum atomic E-state index is -0.905. The van der Waals surface area contributed by atoms with Gasteiger partial charge in [0.1, 0.15) is 29.9 Å². The molecule has 1 amide bonds. The Hall–Kier alpha value is -4.46. The zero-order chi connectivity index (χ0) is 29.2. The monoisotopic (exact) mass is 568 g/mol. The molecule has 218 valence electrons. The fraction of sp³-hybridized carbons (Fsp3) is 0.353. The predicted octanol–water partition coefficient (Wildman–Crippen LogP) is 5.98. The lowest BCUT2D eigenvalue weighted by molar-refractivity contribution is -0.142. The Morgan fingerprint density at radius 2 is 1.88 bits per heavy atom. The van der Waals surface area contributed by atoms with Gasteiger partial charge in [0, 0.05) is 34.5 Å². The third kappa shape index (κ3) is 5.29. The molecule has 8 nitrogen and oxygen atoms in total. The van der Waals surface area contributed by atoms with Crippen molar-refractivity contribution in [1.82, 2.24) is 9.88 Å². The predicted molar refractivity (Wildman–Crippen MR) is 160 cm³/mol. The summed E-state index contributed by atoms with van der Waals surface area (Å²) in [6.07, 6.45) is 6.14. The number of ether oxygens (including phenoxy) is 3. The van der Waals surface area contributed by atoms with Gasteiger partial charge in [-0.1, -0.05) is 37.5 Å². The number of rotatable bonds is 7. The van der Waals surface area contributed by atoms with Crippen LogP contribution in [0.25, 0.3) is 22.2 Å². The van der Waals surface area contributed by atoms with Crippen LogP contribution in [0.15, 0.2) is 60.7 Å². The number of benzene rings is 3. The fourth-order valence-corrected chi connectivity index (χ4v) is 6.53. The van der Waals surface area contributed by atoms with Gasteiger partial charge in [-0.15, -0.1) is 0 Å². The van der Waals surface area contributed by atoms with Gasteiger partial charge in [-0.3, -0.25) is 4.79 Å². The van der Waals surface area contributed by atoms with Gasteiger partial charge in [-0.25, -0.2) is 4.79 Å². The second-order valence-electron chi connectivity index (χ2n) is 11.1. The van der Waals surface area contributed by atoms with Crippen LogP contribution in [0.4, 0.5) is 0 Å². The van der Waals surface area contributed by atoms with Crippen LogP contribution in [0.3, 0.4) is 0 Å². The smallest absolute Gasteiger partial charge is 0.328 e. The number of phenolic OH excluding ortho intramolecular Hbond substituents is 1. The molecule has 3 aromatic carbocycles. The molecule has 2 N–H and O–H groups in total. The quantitative estimate of drug-likeness (QED) is 0.266. The largest absolute Gasteiger partial charge is 0.508 e. The molecule has 1 aliphatic heterocycles. The minimum Gasteiger partial charge on any atom is -0.508 e. The second kappa shape index (κ2) is 11.8. The van der Waals surface area contributed by atoms with Crippen molar-refractivity contribution < 1.29 is 28.9 Å². The van der Waals surface area contributed by atoms with Crippen LogP contribution in [0, 0.1) is 0 Å². The first kappa shape index (κ1) is 27.7. The molecule has 1 fully saturated rings. The van der Waals surface area contributed by atoms with Crippen LogP contribution >= 0.6 is 0 Å². The van der Waals surface area contributed by atoms with Crippen LogP contribution in [0.5, 0.6) is 17.2 Å². The van der Waals surface area contributed by atoms with E-state index >= 15 is 0 Å². The van der Waals surface area contributed by atoms with Crippen molar-refractivity contribution in [3.63, 3.8) is 0 Å². The first-order chi connectivity index (χ1) is 20.5. The molecule has 2 heterocycles. The van der Waals surface area contributed by atoms with Crippen LogP contribution in [-0.2, 0) is 22.5 Å². The van der Waals surface area contributed by atoms with E-state index in [9.17, 15) is 14.7 Å². The van der Waals surface area contributed by atoms with Crippen molar-refractivity contribution in [2.75, 3.05) is 20.8 Å². The number of carbonyl (C=O) groups is 2. The molecule has 42 heavy (non-hydrogen) atoms. The number of esters is 1. The van der Waals surface area contributed by atoms with Crippen molar-refractivity contribution >= 4 is 22.8 Å². The molecule has 0 saturated heterocycles. The first-order valence-corrected chi connectivity index (χ1v) is 14.6. The molecular formula is C34H36N2O6. The van der Waals surface area contributed by atoms with Crippen LogP contribution in [0.2, 0.25) is 0 Å². The third-order valence-electron chi connectivity index (χ3n) is 8.54. The Balaban J connectivity index is 1.41. The number of nitrogens with zero attached hydrogens (tertiary/aromatic N) is 1.